The number of nitrogens with zero attached hydrogens (tertiary/aromatic N) is 1. The monoisotopic (exact) mass is 219 g/mol. The summed E-state index contributed by atoms with van der Waals surface area (Å²) in [6.07, 6.45) is 2.33. The molecule has 0 unspecified atom stereocenters. The minimum atomic E-state index is -0.243. The van der Waals surface area contributed by atoms with Crippen molar-refractivity contribution in [3.05, 3.63) is 41.9 Å². The third-order valence-electron chi connectivity index (χ3n) is 2.39. The Balaban J connectivity index is 2.30. The first-order chi connectivity index (χ1) is 7.66. The highest BCUT2D eigenvalue weighted by molar-refractivity contribution is 5.59. The molecule has 0 N–H and O–H groups in total. The van der Waals surface area contributed by atoms with Gasteiger partial charge < -0.3 is 4.52 Å². The first-order valence-electron chi connectivity index (χ1n) is 5.36. The van der Waals surface area contributed by atoms with Crippen LogP contribution in [0.1, 0.15) is 19.4 Å². The van der Waals surface area contributed by atoms with Gasteiger partial charge in [-0.2, -0.15) is 0 Å². The fraction of sp³-hybridized carbons (Fsp3) is 0.308. The molecule has 0 aliphatic rings. The molecule has 2 rings (SSSR count). The van der Waals surface area contributed by atoms with E-state index >= 15 is 0 Å². The average molecular weight is 219 g/mol. The van der Waals surface area contributed by atoms with E-state index in [1.165, 1.54) is 6.26 Å². The lowest BCUT2D eigenvalue weighted by Crippen LogP contribution is -1.95. The van der Waals surface area contributed by atoms with Crippen LogP contribution in [-0.2, 0) is 6.42 Å². The van der Waals surface area contributed by atoms with E-state index in [1.807, 2.05) is 6.07 Å². The van der Waals surface area contributed by atoms with Gasteiger partial charge in [0.25, 0.3) is 0 Å². The van der Waals surface area contributed by atoms with Gasteiger partial charge in [0.1, 0.15) is 17.8 Å². The normalized spacial score (nSPS) is 11.0. The van der Waals surface area contributed by atoms with Crippen molar-refractivity contribution >= 4 is 0 Å². The molecular formula is C13H14FNO. The molecule has 0 aliphatic heterocycles. The van der Waals surface area contributed by atoms with Gasteiger partial charge in [-0.3, -0.25) is 0 Å². The zero-order valence-electron chi connectivity index (χ0n) is 9.40. The molecule has 0 atom stereocenters. The summed E-state index contributed by atoms with van der Waals surface area (Å²) < 4.78 is 18.5. The minimum Gasteiger partial charge on any atom is -0.364 e. The van der Waals surface area contributed by atoms with Crippen LogP contribution in [0.25, 0.3) is 11.3 Å². The molecule has 0 amide bonds. The smallest absolute Gasteiger partial charge is 0.132 e. The van der Waals surface area contributed by atoms with E-state index in [0.29, 0.717) is 17.2 Å². The van der Waals surface area contributed by atoms with Gasteiger partial charge in [0.2, 0.25) is 0 Å². The van der Waals surface area contributed by atoms with E-state index in [2.05, 4.69) is 19.0 Å². The van der Waals surface area contributed by atoms with E-state index < -0.39 is 0 Å². The van der Waals surface area contributed by atoms with Crippen molar-refractivity contribution in [2.24, 2.45) is 5.92 Å². The number of hydrogen-bond acceptors (Lipinski definition) is 2. The summed E-state index contributed by atoms with van der Waals surface area (Å²) in [6, 6.07) is 6.92. The maximum absolute atomic E-state index is 13.8. The van der Waals surface area contributed by atoms with Crippen LogP contribution in [0.2, 0.25) is 0 Å². The highest BCUT2D eigenvalue weighted by Gasteiger charge is 2.09. The zero-order valence-corrected chi connectivity index (χ0v) is 9.40. The molecule has 1 heterocycles. The van der Waals surface area contributed by atoms with Gasteiger partial charge in [-0.15, -0.1) is 0 Å². The molecule has 16 heavy (non-hydrogen) atoms. The summed E-state index contributed by atoms with van der Waals surface area (Å²) in [5.74, 6) is 0.282. The van der Waals surface area contributed by atoms with Crippen LogP contribution < -0.4 is 0 Å². The van der Waals surface area contributed by atoms with E-state index in [0.717, 1.165) is 12.0 Å². The molecule has 84 valence electrons. The molecule has 1 aromatic heterocycles. The summed E-state index contributed by atoms with van der Waals surface area (Å²) in [5, 5.41) is 3.72. The topological polar surface area (TPSA) is 26.0 Å². The van der Waals surface area contributed by atoms with Crippen molar-refractivity contribution in [2.75, 3.05) is 0 Å². The number of benzene rings is 1. The third-order valence-corrected chi connectivity index (χ3v) is 2.39. The SMILES string of the molecule is CC(C)Cc1ccc(-c2ccon2)c(F)c1. The summed E-state index contributed by atoms with van der Waals surface area (Å²) in [4.78, 5) is 0. The Morgan fingerprint density at radius 2 is 2.12 bits per heavy atom. The lowest BCUT2D eigenvalue weighted by Gasteiger charge is -2.06. The van der Waals surface area contributed by atoms with Crippen LogP contribution in [0.5, 0.6) is 0 Å². The molecule has 0 fully saturated rings. The lowest BCUT2D eigenvalue weighted by atomic mass is 10.0. The molecular weight excluding hydrogens is 205 g/mol. The quantitative estimate of drug-likeness (QED) is 0.787. The summed E-state index contributed by atoms with van der Waals surface area (Å²) in [5.41, 5.74) is 2.04. The lowest BCUT2D eigenvalue weighted by molar-refractivity contribution is 0.422. The summed E-state index contributed by atoms with van der Waals surface area (Å²) in [6.45, 7) is 4.23. The largest absolute Gasteiger partial charge is 0.364 e. The molecule has 0 aliphatic carbocycles. The first kappa shape index (κ1) is 10.9. The number of hydrogen-bond donors (Lipinski definition) is 0. The van der Waals surface area contributed by atoms with Gasteiger partial charge in [-0.05, 0) is 30.0 Å². The maximum Gasteiger partial charge on any atom is 0.132 e. The molecule has 3 heteroatoms. The van der Waals surface area contributed by atoms with E-state index in [1.54, 1.807) is 18.2 Å². The predicted octanol–water partition coefficient (Wildman–Crippen LogP) is 3.68. The van der Waals surface area contributed by atoms with Gasteiger partial charge in [0, 0.05) is 11.6 Å². The number of rotatable bonds is 3. The second-order valence-electron chi connectivity index (χ2n) is 4.30. The molecule has 0 saturated carbocycles. The zero-order chi connectivity index (χ0) is 11.5. The Morgan fingerprint density at radius 3 is 2.69 bits per heavy atom. The summed E-state index contributed by atoms with van der Waals surface area (Å²) in [7, 11) is 0. The van der Waals surface area contributed by atoms with Crippen LogP contribution in [0.15, 0.2) is 35.1 Å². The molecule has 0 radical (unpaired) electrons. The molecule has 0 spiro atoms. The Hall–Kier alpha value is -1.64. The molecule has 1 aromatic carbocycles. The Labute approximate surface area is 94.1 Å². The van der Waals surface area contributed by atoms with Crippen LogP contribution in [0.3, 0.4) is 0 Å². The summed E-state index contributed by atoms with van der Waals surface area (Å²) >= 11 is 0. The minimum absolute atomic E-state index is 0.243. The van der Waals surface area contributed by atoms with Crippen molar-refractivity contribution < 1.29 is 8.91 Å². The van der Waals surface area contributed by atoms with Crippen LogP contribution in [0, 0.1) is 11.7 Å². The van der Waals surface area contributed by atoms with Crippen molar-refractivity contribution in [2.45, 2.75) is 20.3 Å². The second-order valence-corrected chi connectivity index (χ2v) is 4.30. The van der Waals surface area contributed by atoms with Crippen molar-refractivity contribution in [3.8, 4) is 11.3 Å². The second kappa shape index (κ2) is 4.47. The van der Waals surface area contributed by atoms with Crippen LogP contribution >= 0.6 is 0 Å². The average Bonchev–Trinajstić information content (AvgIpc) is 2.69. The molecule has 0 saturated heterocycles. The highest BCUT2D eigenvalue weighted by Crippen LogP contribution is 2.22. The van der Waals surface area contributed by atoms with Gasteiger partial charge in [-0.1, -0.05) is 25.1 Å². The number of aromatic nitrogens is 1. The Kier molecular flexibility index (Phi) is 3.04. The molecule has 2 nitrogen and oxygen atoms in total. The molecule has 0 bridgehead atoms. The standard InChI is InChI=1S/C13H14FNO/c1-9(2)7-10-3-4-11(12(14)8-10)13-5-6-16-15-13/h3-6,8-9H,7H2,1-2H3. The van der Waals surface area contributed by atoms with Gasteiger partial charge >= 0.3 is 0 Å². The van der Waals surface area contributed by atoms with Gasteiger partial charge in [0.05, 0.1) is 0 Å². The van der Waals surface area contributed by atoms with E-state index in [-0.39, 0.29) is 5.82 Å². The Bertz CT molecular complexity index is 463. The fourth-order valence-electron chi connectivity index (χ4n) is 1.72. The van der Waals surface area contributed by atoms with Gasteiger partial charge in [0.15, 0.2) is 0 Å². The fourth-order valence-corrected chi connectivity index (χ4v) is 1.72. The van der Waals surface area contributed by atoms with Crippen LogP contribution in [-0.4, -0.2) is 5.16 Å². The van der Waals surface area contributed by atoms with Crippen molar-refractivity contribution in [1.29, 1.82) is 0 Å². The Morgan fingerprint density at radius 1 is 1.31 bits per heavy atom. The van der Waals surface area contributed by atoms with E-state index in [4.69, 9.17) is 4.52 Å². The van der Waals surface area contributed by atoms with Gasteiger partial charge in [-0.25, -0.2) is 4.39 Å². The third kappa shape index (κ3) is 2.30. The first-order valence-corrected chi connectivity index (χ1v) is 5.36. The maximum atomic E-state index is 13.8. The molecule has 2 aromatic rings. The van der Waals surface area contributed by atoms with Crippen molar-refractivity contribution in [1.82, 2.24) is 5.16 Å². The number of halogens is 1. The van der Waals surface area contributed by atoms with Crippen LogP contribution in [0.4, 0.5) is 4.39 Å². The highest BCUT2D eigenvalue weighted by atomic mass is 19.1. The predicted molar refractivity (Wildman–Crippen MR) is 60.4 cm³/mol. The van der Waals surface area contributed by atoms with E-state index in [9.17, 15) is 4.39 Å². The van der Waals surface area contributed by atoms with Crippen molar-refractivity contribution in [3.63, 3.8) is 0 Å².